The molecule has 0 aliphatic heterocycles. The van der Waals surface area contributed by atoms with Crippen molar-refractivity contribution in [1.82, 2.24) is 10.3 Å². The molecule has 0 saturated carbocycles. The van der Waals surface area contributed by atoms with Gasteiger partial charge >= 0.3 is 0 Å². The van der Waals surface area contributed by atoms with Crippen LogP contribution < -0.4 is 10.1 Å². The number of benzene rings is 1. The molecule has 1 atom stereocenters. The molecule has 1 aromatic heterocycles. The first-order valence-corrected chi connectivity index (χ1v) is 6.64. The average molecular weight is 256 g/mol. The molecule has 0 amide bonds. The van der Waals surface area contributed by atoms with Gasteiger partial charge in [-0.2, -0.15) is 0 Å². The number of pyridine rings is 1. The zero-order valence-electron chi connectivity index (χ0n) is 11.5. The highest BCUT2D eigenvalue weighted by molar-refractivity contribution is 5.37. The number of nitrogens with one attached hydrogen (secondary N) is 1. The lowest BCUT2D eigenvalue weighted by molar-refractivity contribution is 0.387. The molecule has 1 unspecified atom stereocenters. The largest absolute Gasteiger partial charge is 0.481 e. The Morgan fingerprint density at radius 1 is 1.16 bits per heavy atom. The molecule has 0 radical (unpaired) electrons. The molecule has 100 valence electrons. The second kappa shape index (κ2) is 6.90. The van der Waals surface area contributed by atoms with E-state index in [0.29, 0.717) is 5.88 Å². The van der Waals surface area contributed by atoms with Gasteiger partial charge in [-0.3, -0.25) is 0 Å². The smallest absolute Gasteiger partial charge is 0.218 e. The molecule has 19 heavy (non-hydrogen) atoms. The van der Waals surface area contributed by atoms with E-state index in [1.165, 1.54) is 5.56 Å². The highest BCUT2D eigenvalue weighted by atomic mass is 16.5. The molecule has 2 aromatic rings. The lowest BCUT2D eigenvalue weighted by Gasteiger charge is -2.21. The number of nitrogens with zero attached hydrogens (tertiary/aromatic N) is 1. The fourth-order valence-electron chi connectivity index (χ4n) is 2.14. The van der Waals surface area contributed by atoms with E-state index in [2.05, 4.69) is 47.6 Å². The minimum absolute atomic E-state index is 0.116. The minimum Gasteiger partial charge on any atom is -0.481 e. The fourth-order valence-corrected chi connectivity index (χ4v) is 2.14. The summed E-state index contributed by atoms with van der Waals surface area (Å²) in [7, 11) is 1.66. The molecule has 2 rings (SSSR count). The molecule has 3 heteroatoms. The van der Waals surface area contributed by atoms with E-state index in [9.17, 15) is 0 Å². The van der Waals surface area contributed by atoms with Crippen LogP contribution in [0.25, 0.3) is 0 Å². The van der Waals surface area contributed by atoms with Crippen molar-refractivity contribution in [3.63, 3.8) is 0 Å². The van der Waals surface area contributed by atoms with Gasteiger partial charge in [0.2, 0.25) is 5.88 Å². The van der Waals surface area contributed by atoms with Gasteiger partial charge in [-0.25, -0.2) is 4.98 Å². The Balaban J connectivity index is 2.37. The third-order valence-corrected chi connectivity index (χ3v) is 3.04. The highest BCUT2D eigenvalue weighted by Gasteiger charge is 2.17. The van der Waals surface area contributed by atoms with E-state index >= 15 is 0 Å². The Morgan fingerprint density at radius 2 is 1.95 bits per heavy atom. The second-order valence-corrected chi connectivity index (χ2v) is 4.40. The van der Waals surface area contributed by atoms with Gasteiger partial charge in [-0.15, -0.1) is 0 Å². The van der Waals surface area contributed by atoms with Crippen LogP contribution in [0, 0.1) is 0 Å². The minimum atomic E-state index is 0.116. The van der Waals surface area contributed by atoms with E-state index < -0.39 is 0 Å². The predicted molar refractivity (Wildman–Crippen MR) is 77.4 cm³/mol. The summed E-state index contributed by atoms with van der Waals surface area (Å²) in [6, 6.07) is 14.5. The molecule has 0 aliphatic carbocycles. The third kappa shape index (κ3) is 3.32. The third-order valence-electron chi connectivity index (χ3n) is 3.04. The van der Waals surface area contributed by atoms with Gasteiger partial charge in [0, 0.05) is 11.8 Å². The van der Waals surface area contributed by atoms with Gasteiger partial charge in [-0.1, -0.05) is 43.3 Å². The van der Waals surface area contributed by atoms with Gasteiger partial charge in [0.25, 0.3) is 0 Å². The van der Waals surface area contributed by atoms with Crippen molar-refractivity contribution in [2.45, 2.75) is 19.4 Å². The van der Waals surface area contributed by atoms with Crippen molar-refractivity contribution in [3.8, 4) is 5.88 Å². The molecule has 1 N–H and O–H groups in total. The highest BCUT2D eigenvalue weighted by Crippen LogP contribution is 2.27. The van der Waals surface area contributed by atoms with Gasteiger partial charge in [0.15, 0.2) is 0 Å². The van der Waals surface area contributed by atoms with Crippen LogP contribution >= 0.6 is 0 Å². The summed E-state index contributed by atoms with van der Waals surface area (Å²) in [4.78, 5) is 4.29. The molecule has 0 fully saturated rings. The van der Waals surface area contributed by atoms with Gasteiger partial charge in [0.1, 0.15) is 0 Å². The first kappa shape index (κ1) is 13.6. The number of hydrogen-bond donors (Lipinski definition) is 1. The monoisotopic (exact) mass is 256 g/mol. The van der Waals surface area contributed by atoms with Crippen LogP contribution in [0.5, 0.6) is 5.88 Å². The lowest BCUT2D eigenvalue weighted by atomic mass is 9.99. The first-order chi connectivity index (χ1) is 9.36. The van der Waals surface area contributed by atoms with E-state index in [1.807, 2.05) is 12.1 Å². The molecule has 0 saturated heterocycles. The Kier molecular flexibility index (Phi) is 4.93. The standard InChI is InChI=1S/C16H20N2O/c1-3-11-17-15(13-8-5-4-6-9-13)14-10-7-12-18-16(14)19-2/h4-10,12,15,17H,3,11H2,1-2H3. The number of ether oxygens (including phenoxy) is 1. The van der Waals surface area contributed by atoms with Gasteiger partial charge in [-0.05, 0) is 24.6 Å². The summed E-state index contributed by atoms with van der Waals surface area (Å²) in [5.41, 5.74) is 2.30. The maximum atomic E-state index is 5.38. The van der Waals surface area contributed by atoms with Crippen molar-refractivity contribution in [2.24, 2.45) is 0 Å². The van der Waals surface area contributed by atoms with Gasteiger partial charge < -0.3 is 10.1 Å². The average Bonchev–Trinajstić information content (AvgIpc) is 2.49. The summed E-state index contributed by atoms with van der Waals surface area (Å²) in [5.74, 6) is 0.681. The van der Waals surface area contributed by atoms with Crippen LogP contribution in [-0.4, -0.2) is 18.6 Å². The number of methoxy groups -OCH3 is 1. The molecule has 0 aliphatic rings. The quantitative estimate of drug-likeness (QED) is 0.862. The first-order valence-electron chi connectivity index (χ1n) is 6.64. The predicted octanol–water partition coefficient (Wildman–Crippen LogP) is 3.18. The maximum Gasteiger partial charge on any atom is 0.218 e. The molecule has 0 bridgehead atoms. The molecule has 1 heterocycles. The summed E-state index contributed by atoms with van der Waals surface area (Å²) >= 11 is 0. The normalized spacial score (nSPS) is 12.1. The van der Waals surface area contributed by atoms with Crippen LogP contribution in [0.4, 0.5) is 0 Å². The fraction of sp³-hybridized carbons (Fsp3) is 0.312. The molecular weight excluding hydrogens is 236 g/mol. The van der Waals surface area contributed by atoms with Crippen LogP contribution in [0.2, 0.25) is 0 Å². The van der Waals surface area contributed by atoms with Gasteiger partial charge in [0.05, 0.1) is 13.2 Å². The SMILES string of the molecule is CCCNC(c1ccccc1)c1cccnc1OC. The summed E-state index contributed by atoms with van der Waals surface area (Å²) in [6.45, 7) is 3.12. The van der Waals surface area contributed by atoms with E-state index in [-0.39, 0.29) is 6.04 Å². The zero-order chi connectivity index (χ0) is 13.5. The maximum absolute atomic E-state index is 5.38. The number of aromatic nitrogens is 1. The second-order valence-electron chi connectivity index (χ2n) is 4.40. The Hall–Kier alpha value is -1.87. The van der Waals surface area contributed by atoms with Crippen LogP contribution in [0.15, 0.2) is 48.7 Å². The Morgan fingerprint density at radius 3 is 2.63 bits per heavy atom. The van der Waals surface area contributed by atoms with Crippen LogP contribution in [-0.2, 0) is 0 Å². The van der Waals surface area contributed by atoms with E-state index in [4.69, 9.17) is 4.74 Å². The van der Waals surface area contributed by atoms with Crippen molar-refractivity contribution < 1.29 is 4.74 Å². The molecule has 3 nitrogen and oxygen atoms in total. The zero-order valence-corrected chi connectivity index (χ0v) is 11.5. The van der Waals surface area contributed by atoms with Crippen molar-refractivity contribution in [3.05, 3.63) is 59.8 Å². The number of hydrogen-bond acceptors (Lipinski definition) is 3. The molecular formula is C16H20N2O. The van der Waals surface area contributed by atoms with Crippen molar-refractivity contribution >= 4 is 0 Å². The Bertz CT molecular complexity index is 499. The summed E-state index contributed by atoms with van der Waals surface area (Å²) < 4.78 is 5.38. The van der Waals surface area contributed by atoms with Crippen molar-refractivity contribution in [2.75, 3.05) is 13.7 Å². The summed E-state index contributed by atoms with van der Waals surface area (Å²) in [5, 5.41) is 3.56. The van der Waals surface area contributed by atoms with Crippen molar-refractivity contribution in [1.29, 1.82) is 0 Å². The lowest BCUT2D eigenvalue weighted by Crippen LogP contribution is -2.23. The Labute approximate surface area is 114 Å². The molecule has 1 aromatic carbocycles. The number of rotatable bonds is 6. The van der Waals surface area contributed by atoms with E-state index in [1.54, 1.807) is 13.3 Å². The van der Waals surface area contributed by atoms with Crippen LogP contribution in [0.1, 0.15) is 30.5 Å². The van der Waals surface area contributed by atoms with Crippen LogP contribution in [0.3, 0.4) is 0 Å². The summed E-state index contributed by atoms with van der Waals surface area (Å²) in [6.07, 6.45) is 2.84. The molecule has 0 spiro atoms. The topological polar surface area (TPSA) is 34.2 Å². The van der Waals surface area contributed by atoms with E-state index in [0.717, 1.165) is 18.5 Å².